The molecule has 0 spiro atoms. The van der Waals surface area contributed by atoms with Crippen LogP contribution < -0.4 is 16.0 Å². The normalized spacial score (nSPS) is 12.8. The van der Waals surface area contributed by atoms with E-state index >= 15 is 0 Å². The smallest absolute Gasteiger partial charge is 0.270 e. The zero-order chi connectivity index (χ0) is 28.8. The number of aryl methyl sites for hydroxylation is 4. The van der Waals surface area contributed by atoms with Crippen LogP contribution in [0.25, 0.3) is 21.3 Å². The number of nitrogens with two attached hydrogens (primary N) is 1. The van der Waals surface area contributed by atoms with Crippen molar-refractivity contribution in [3.63, 3.8) is 0 Å². The summed E-state index contributed by atoms with van der Waals surface area (Å²) >= 11 is 4.80. The first-order valence-corrected chi connectivity index (χ1v) is 15.1. The van der Waals surface area contributed by atoms with Crippen molar-refractivity contribution in [2.75, 3.05) is 22.5 Å². The van der Waals surface area contributed by atoms with Crippen LogP contribution in [0.2, 0.25) is 0 Å². The molecule has 0 saturated heterocycles. The number of carbonyl (C=O) groups excluding carboxylic acids is 2. The standard InChI is InChI=1S/C33H29BrN4O2S/c1-18-10-15-24(19(2)17-18)37-31(39)26-20(3)36-32-28(27(26)22-11-13-23(34)14-12-22)29(35)30(41-32)33(40)38-16-6-8-21-7-4-5-9-25(21)38/h4-5,7,9-15,17H,6,8,16,35H2,1-3H3,(H,37,39). The molecular weight excluding hydrogens is 596 g/mol. The number of rotatable bonds is 4. The highest BCUT2D eigenvalue weighted by molar-refractivity contribution is 9.10. The summed E-state index contributed by atoms with van der Waals surface area (Å²) < 4.78 is 0.919. The van der Waals surface area contributed by atoms with E-state index in [1.165, 1.54) is 11.3 Å². The molecule has 3 N–H and O–H groups in total. The van der Waals surface area contributed by atoms with E-state index in [9.17, 15) is 9.59 Å². The minimum absolute atomic E-state index is 0.140. The lowest BCUT2D eigenvalue weighted by molar-refractivity contribution is 0.0988. The number of amides is 2. The number of fused-ring (bicyclic) bond motifs is 2. The van der Waals surface area contributed by atoms with E-state index in [-0.39, 0.29) is 11.8 Å². The Balaban J connectivity index is 1.52. The molecule has 0 radical (unpaired) electrons. The van der Waals surface area contributed by atoms with E-state index in [1.807, 2.05) is 86.3 Å². The van der Waals surface area contributed by atoms with Crippen LogP contribution in [-0.2, 0) is 6.42 Å². The number of para-hydroxylation sites is 1. The van der Waals surface area contributed by atoms with Gasteiger partial charge in [0.1, 0.15) is 9.71 Å². The average molecular weight is 626 g/mol. The molecule has 0 atom stereocenters. The molecule has 0 unspecified atom stereocenters. The molecule has 1 aliphatic rings. The SMILES string of the molecule is Cc1ccc(NC(=O)c2c(C)nc3sc(C(=O)N4CCCc5ccccc54)c(N)c3c2-c2ccc(Br)cc2)c(C)c1. The van der Waals surface area contributed by atoms with Crippen LogP contribution in [0.3, 0.4) is 0 Å². The van der Waals surface area contributed by atoms with Crippen molar-refractivity contribution in [1.82, 2.24) is 4.98 Å². The Kier molecular flexibility index (Phi) is 7.13. The molecule has 6 rings (SSSR count). The molecule has 3 aromatic carbocycles. The van der Waals surface area contributed by atoms with Crippen molar-refractivity contribution in [1.29, 1.82) is 0 Å². The lowest BCUT2D eigenvalue weighted by atomic mass is 9.94. The van der Waals surface area contributed by atoms with Gasteiger partial charge in [0.25, 0.3) is 11.8 Å². The van der Waals surface area contributed by atoms with Gasteiger partial charge in [-0.15, -0.1) is 11.3 Å². The third-order valence-corrected chi connectivity index (χ3v) is 9.21. The van der Waals surface area contributed by atoms with Crippen molar-refractivity contribution < 1.29 is 9.59 Å². The van der Waals surface area contributed by atoms with E-state index in [0.29, 0.717) is 44.1 Å². The minimum Gasteiger partial charge on any atom is -0.397 e. The Labute approximate surface area is 251 Å². The number of benzene rings is 3. The highest BCUT2D eigenvalue weighted by Gasteiger charge is 2.30. The van der Waals surface area contributed by atoms with Crippen LogP contribution in [0.5, 0.6) is 0 Å². The van der Waals surface area contributed by atoms with Gasteiger partial charge in [0.2, 0.25) is 0 Å². The zero-order valence-corrected chi connectivity index (χ0v) is 25.4. The molecule has 0 aliphatic carbocycles. The summed E-state index contributed by atoms with van der Waals surface area (Å²) in [6.45, 7) is 6.45. The molecule has 6 nitrogen and oxygen atoms in total. The van der Waals surface area contributed by atoms with Gasteiger partial charge in [-0.3, -0.25) is 9.59 Å². The van der Waals surface area contributed by atoms with E-state index in [0.717, 1.165) is 50.9 Å². The molecule has 41 heavy (non-hydrogen) atoms. The van der Waals surface area contributed by atoms with Crippen LogP contribution in [-0.4, -0.2) is 23.3 Å². The number of pyridine rings is 1. The van der Waals surface area contributed by atoms with Gasteiger partial charge in [0.05, 0.1) is 16.9 Å². The summed E-state index contributed by atoms with van der Waals surface area (Å²) in [4.78, 5) is 35.7. The molecule has 2 aromatic heterocycles. The first kappa shape index (κ1) is 27.2. The number of nitrogens with zero attached hydrogens (tertiary/aromatic N) is 2. The number of thiophene rings is 1. The van der Waals surface area contributed by atoms with Gasteiger partial charge < -0.3 is 16.0 Å². The third kappa shape index (κ3) is 4.91. The Hall–Kier alpha value is -4.01. The Morgan fingerprint density at radius 2 is 1.78 bits per heavy atom. The molecule has 8 heteroatoms. The van der Waals surface area contributed by atoms with Gasteiger partial charge in [0, 0.05) is 33.3 Å². The van der Waals surface area contributed by atoms with Crippen molar-refractivity contribution >= 4 is 66.4 Å². The van der Waals surface area contributed by atoms with E-state index in [1.54, 1.807) is 0 Å². The number of aromatic nitrogens is 1. The largest absolute Gasteiger partial charge is 0.397 e. The van der Waals surface area contributed by atoms with Crippen molar-refractivity contribution in [3.05, 3.63) is 104 Å². The molecular formula is C33H29BrN4O2S. The summed E-state index contributed by atoms with van der Waals surface area (Å²) in [6, 6.07) is 21.7. The summed E-state index contributed by atoms with van der Waals surface area (Å²) in [5, 5.41) is 3.72. The third-order valence-electron chi connectivity index (χ3n) is 7.60. The Bertz CT molecular complexity index is 1850. The van der Waals surface area contributed by atoms with Gasteiger partial charge in [-0.25, -0.2) is 4.98 Å². The highest BCUT2D eigenvalue weighted by atomic mass is 79.9. The fourth-order valence-corrected chi connectivity index (χ4v) is 6.98. The van der Waals surface area contributed by atoms with Crippen LogP contribution >= 0.6 is 27.3 Å². The van der Waals surface area contributed by atoms with Crippen LogP contribution in [0.15, 0.2) is 71.2 Å². The van der Waals surface area contributed by atoms with Gasteiger partial charge in [-0.1, -0.05) is 64.0 Å². The van der Waals surface area contributed by atoms with Gasteiger partial charge in [-0.05, 0) is 74.6 Å². The number of hydrogen-bond donors (Lipinski definition) is 2. The first-order valence-electron chi connectivity index (χ1n) is 13.5. The molecule has 2 amide bonds. The molecule has 5 aromatic rings. The van der Waals surface area contributed by atoms with E-state index in [4.69, 9.17) is 10.7 Å². The summed E-state index contributed by atoms with van der Waals surface area (Å²) in [6.07, 6.45) is 1.83. The zero-order valence-electron chi connectivity index (χ0n) is 23.0. The van der Waals surface area contributed by atoms with Crippen LogP contribution in [0.4, 0.5) is 17.1 Å². The minimum atomic E-state index is -0.273. The monoisotopic (exact) mass is 624 g/mol. The fraction of sp³-hybridized carbons (Fsp3) is 0.182. The van der Waals surface area contributed by atoms with Crippen LogP contribution in [0, 0.1) is 20.8 Å². The lowest BCUT2D eigenvalue weighted by Crippen LogP contribution is -2.35. The number of halogens is 1. The van der Waals surface area contributed by atoms with Gasteiger partial charge in [0.15, 0.2) is 0 Å². The topological polar surface area (TPSA) is 88.3 Å². The molecule has 206 valence electrons. The molecule has 0 saturated carbocycles. The second kappa shape index (κ2) is 10.8. The fourth-order valence-electron chi connectivity index (χ4n) is 5.61. The predicted molar refractivity (Wildman–Crippen MR) is 172 cm³/mol. The van der Waals surface area contributed by atoms with Gasteiger partial charge >= 0.3 is 0 Å². The van der Waals surface area contributed by atoms with Crippen molar-refractivity contribution in [3.8, 4) is 11.1 Å². The van der Waals surface area contributed by atoms with Gasteiger partial charge in [-0.2, -0.15) is 0 Å². The average Bonchev–Trinajstić information content (AvgIpc) is 3.29. The van der Waals surface area contributed by atoms with Crippen molar-refractivity contribution in [2.45, 2.75) is 33.6 Å². The molecule has 1 aliphatic heterocycles. The van der Waals surface area contributed by atoms with E-state index < -0.39 is 0 Å². The second-order valence-electron chi connectivity index (χ2n) is 10.4. The number of anilines is 3. The quantitative estimate of drug-likeness (QED) is 0.211. The number of carbonyl (C=O) groups is 2. The number of nitrogen functional groups attached to an aromatic ring is 1. The Morgan fingerprint density at radius 1 is 1.02 bits per heavy atom. The predicted octanol–water partition coefficient (Wildman–Crippen LogP) is 8.08. The highest BCUT2D eigenvalue weighted by Crippen LogP contribution is 2.43. The Morgan fingerprint density at radius 3 is 2.54 bits per heavy atom. The van der Waals surface area contributed by atoms with E-state index in [2.05, 4.69) is 27.3 Å². The molecule has 3 heterocycles. The number of nitrogens with one attached hydrogen (secondary N) is 1. The molecule has 0 fully saturated rings. The number of hydrogen-bond acceptors (Lipinski definition) is 5. The summed E-state index contributed by atoms with van der Waals surface area (Å²) in [5.74, 6) is -0.413. The van der Waals surface area contributed by atoms with Crippen molar-refractivity contribution in [2.24, 2.45) is 0 Å². The second-order valence-corrected chi connectivity index (χ2v) is 12.4. The first-order chi connectivity index (χ1) is 19.7. The summed E-state index contributed by atoms with van der Waals surface area (Å²) in [5.41, 5.74) is 14.6. The maximum absolute atomic E-state index is 14.0. The summed E-state index contributed by atoms with van der Waals surface area (Å²) in [7, 11) is 0. The lowest BCUT2D eigenvalue weighted by Gasteiger charge is -2.29. The van der Waals surface area contributed by atoms with Crippen LogP contribution in [0.1, 0.15) is 48.8 Å². The maximum atomic E-state index is 14.0. The molecule has 0 bridgehead atoms. The maximum Gasteiger partial charge on any atom is 0.270 e.